The molecule has 0 aliphatic rings. The maximum atomic E-state index is 2.48. The summed E-state index contributed by atoms with van der Waals surface area (Å²) in [5.41, 5.74) is 0. The Labute approximate surface area is 104 Å². The molecule has 0 heterocycles. The van der Waals surface area contributed by atoms with Crippen molar-refractivity contribution in [1.82, 2.24) is 0 Å². The molecule has 0 spiro atoms. The minimum Gasteiger partial charge on any atom is -0.0654 e. The molecule has 0 rings (SSSR count). The highest BCUT2D eigenvalue weighted by atomic mass is 14.3. The van der Waals surface area contributed by atoms with Gasteiger partial charge < -0.3 is 0 Å². The first-order valence-corrected chi connectivity index (χ1v) is 7.49. The Morgan fingerprint density at radius 3 is 1.31 bits per heavy atom. The molecule has 0 nitrogen and oxygen atoms in total. The van der Waals surface area contributed by atoms with Crippen LogP contribution in [0.4, 0.5) is 0 Å². The van der Waals surface area contributed by atoms with Crippen LogP contribution < -0.4 is 0 Å². The first-order chi connectivity index (χ1) is 7.49. The Bertz CT molecular complexity index is 145. The second-order valence-corrected chi connectivity index (χ2v) is 5.94. The molecule has 0 saturated carbocycles. The maximum Gasteiger partial charge on any atom is -0.0358 e. The molecule has 16 heavy (non-hydrogen) atoms. The summed E-state index contributed by atoms with van der Waals surface area (Å²) in [5.74, 6) is 4.45. The zero-order chi connectivity index (χ0) is 12.7. The second kappa shape index (κ2) is 8.14. The summed E-state index contributed by atoms with van der Waals surface area (Å²) in [6.45, 7) is 16.8. The Morgan fingerprint density at radius 1 is 0.688 bits per heavy atom. The van der Waals surface area contributed by atoms with Crippen LogP contribution in [0.15, 0.2) is 0 Å². The maximum absolute atomic E-state index is 2.48. The summed E-state index contributed by atoms with van der Waals surface area (Å²) < 4.78 is 0. The standard InChI is InChI=1S/C16H34/c1-8-11-16(14(6)12(4)9-2)15(7)13(5)10-3/h12-16H,8-11H2,1-7H3. The normalized spacial score (nSPS) is 21.2. The summed E-state index contributed by atoms with van der Waals surface area (Å²) in [7, 11) is 0. The van der Waals surface area contributed by atoms with Gasteiger partial charge in [-0.1, -0.05) is 74.1 Å². The number of hydrogen-bond acceptors (Lipinski definition) is 0. The van der Waals surface area contributed by atoms with Crippen LogP contribution in [0, 0.1) is 29.6 Å². The van der Waals surface area contributed by atoms with Crippen molar-refractivity contribution in [3.63, 3.8) is 0 Å². The molecule has 98 valence electrons. The SMILES string of the molecule is CCCC(C(C)C(C)CC)C(C)C(C)CC. The topological polar surface area (TPSA) is 0 Å². The fraction of sp³-hybridized carbons (Fsp3) is 1.00. The fourth-order valence-electron chi connectivity index (χ4n) is 2.93. The third-order valence-corrected chi connectivity index (χ3v) is 5.06. The predicted molar refractivity (Wildman–Crippen MR) is 75.6 cm³/mol. The quantitative estimate of drug-likeness (QED) is 0.493. The molecule has 4 atom stereocenters. The van der Waals surface area contributed by atoms with Gasteiger partial charge >= 0.3 is 0 Å². The molecule has 0 aromatic rings. The molecule has 0 saturated heterocycles. The van der Waals surface area contributed by atoms with Gasteiger partial charge in [-0.2, -0.15) is 0 Å². The third-order valence-electron chi connectivity index (χ3n) is 5.06. The van der Waals surface area contributed by atoms with Gasteiger partial charge in [0.25, 0.3) is 0 Å². The van der Waals surface area contributed by atoms with Crippen LogP contribution >= 0.6 is 0 Å². The molecular formula is C16H34. The van der Waals surface area contributed by atoms with E-state index in [4.69, 9.17) is 0 Å². The number of hydrogen-bond donors (Lipinski definition) is 0. The summed E-state index contributed by atoms with van der Waals surface area (Å²) in [6, 6.07) is 0. The van der Waals surface area contributed by atoms with E-state index in [-0.39, 0.29) is 0 Å². The highest BCUT2D eigenvalue weighted by Gasteiger charge is 2.28. The fourth-order valence-corrected chi connectivity index (χ4v) is 2.93. The van der Waals surface area contributed by atoms with Gasteiger partial charge in [-0.05, 0) is 29.6 Å². The van der Waals surface area contributed by atoms with E-state index in [0.717, 1.165) is 29.6 Å². The Kier molecular flexibility index (Phi) is 8.14. The zero-order valence-corrected chi connectivity index (χ0v) is 12.7. The monoisotopic (exact) mass is 226 g/mol. The van der Waals surface area contributed by atoms with Gasteiger partial charge in [0.15, 0.2) is 0 Å². The molecule has 0 aliphatic heterocycles. The van der Waals surface area contributed by atoms with Crippen molar-refractivity contribution in [3.8, 4) is 0 Å². The lowest BCUT2D eigenvalue weighted by Crippen LogP contribution is -2.28. The van der Waals surface area contributed by atoms with Gasteiger partial charge in [0, 0.05) is 0 Å². The minimum atomic E-state index is 0.878. The van der Waals surface area contributed by atoms with E-state index in [2.05, 4.69) is 48.5 Å². The Hall–Kier alpha value is 0. The first kappa shape index (κ1) is 16.0. The van der Waals surface area contributed by atoms with Crippen LogP contribution in [-0.4, -0.2) is 0 Å². The van der Waals surface area contributed by atoms with Crippen LogP contribution in [0.1, 0.15) is 74.1 Å². The van der Waals surface area contributed by atoms with Gasteiger partial charge in [0.05, 0.1) is 0 Å². The molecule has 0 bridgehead atoms. The van der Waals surface area contributed by atoms with Crippen LogP contribution in [0.3, 0.4) is 0 Å². The van der Waals surface area contributed by atoms with Gasteiger partial charge in [-0.3, -0.25) is 0 Å². The lowest BCUT2D eigenvalue weighted by Gasteiger charge is -2.36. The summed E-state index contributed by atoms with van der Waals surface area (Å²) in [5, 5.41) is 0. The molecule has 0 aromatic carbocycles. The lowest BCUT2D eigenvalue weighted by molar-refractivity contribution is 0.138. The largest absolute Gasteiger partial charge is 0.0654 e. The van der Waals surface area contributed by atoms with E-state index < -0.39 is 0 Å². The van der Waals surface area contributed by atoms with Crippen molar-refractivity contribution in [2.45, 2.75) is 74.1 Å². The highest BCUT2D eigenvalue weighted by molar-refractivity contribution is 4.77. The lowest BCUT2D eigenvalue weighted by atomic mass is 9.70. The molecule has 0 radical (unpaired) electrons. The summed E-state index contributed by atoms with van der Waals surface area (Å²) in [4.78, 5) is 0. The van der Waals surface area contributed by atoms with E-state index in [1.165, 1.54) is 25.7 Å². The van der Waals surface area contributed by atoms with E-state index in [1.807, 2.05) is 0 Å². The second-order valence-electron chi connectivity index (χ2n) is 5.94. The molecule has 4 unspecified atom stereocenters. The van der Waals surface area contributed by atoms with Crippen LogP contribution in [0.2, 0.25) is 0 Å². The molecule has 0 aliphatic carbocycles. The molecule has 0 heteroatoms. The average molecular weight is 226 g/mol. The van der Waals surface area contributed by atoms with Crippen molar-refractivity contribution in [1.29, 1.82) is 0 Å². The molecule has 0 aromatic heterocycles. The van der Waals surface area contributed by atoms with Gasteiger partial charge in [0.2, 0.25) is 0 Å². The van der Waals surface area contributed by atoms with Gasteiger partial charge in [-0.15, -0.1) is 0 Å². The molecule has 0 N–H and O–H groups in total. The van der Waals surface area contributed by atoms with Crippen molar-refractivity contribution < 1.29 is 0 Å². The smallest absolute Gasteiger partial charge is 0.0358 e. The minimum absolute atomic E-state index is 0.878. The number of rotatable bonds is 8. The Morgan fingerprint density at radius 2 is 1.06 bits per heavy atom. The molecule has 0 fully saturated rings. The summed E-state index contributed by atoms with van der Waals surface area (Å²) >= 11 is 0. The van der Waals surface area contributed by atoms with Gasteiger partial charge in [-0.25, -0.2) is 0 Å². The van der Waals surface area contributed by atoms with Crippen molar-refractivity contribution in [3.05, 3.63) is 0 Å². The van der Waals surface area contributed by atoms with Crippen molar-refractivity contribution in [2.24, 2.45) is 29.6 Å². The average Bonchev–Trinajstić information content (AvgIpc) is 2.32. The highest BCUT2D eigenvalue weighted by Crippen LogP contribution is 2.36. The third kappa shape index (κ3) is 4.47. The van der Waals surface area contributed by atoms with Crippen LogP contribution in [0.5, 0.6) is 0 Å². The van der Waals surface area contributed by atoms with E-state index >= 15 is 0 Å². The van der Waals surface area contributed by atoms with Crippen LogP contribution in [0.25, 0.3) is 0 Å². The summed E-state index contributed by atoms with van der Waals surface area (Å²) in [6.07, 6.45) is 5.41. The van der Waals surface area contributed by atoms with Crippen molar-refractivity contribution >= 4 is 0 Å². The van der Waals surface area contributed by atoms with E-state index in [1.54, 1.807) is 0 Å². The predicted octanol–water partition coefficient (Wildman–Crippen LogP) is 5.77. The zero-order valence-electron chi connectivity index (χ0n) is 12.7. The van der Waals surface area contributed by atoms with Crippen molar-refractivity contribution in [2.75, 3.05) is 0 Å². The molecular weight excluding hydrogens is 192 g/mol. The Balaban J connectivity index is 4.57. The van der Waals surface area contributed by atoms with E-state index in [9.17, 15) is 0 Å². The molecule has 0 amide bonds. The van der Waals surface area contributed by atoms with Gasteiger partial charge in [0.1, 0.15) is 0 Å². The van der Waals surface area contributed by atoms with E-state index in [0.29, 0.717) is 0 Å². The first-order valence-electron chi connectivity index (χ1n) is 7.49. The van der Waals surface area contributed by atoms with Crippen LogP contribution in [-0.2, 0) is 0 Å².